The Kier molecular flexibility index (Phi) is 4.36. The van der Waals surface area contributed by atoms with Gasteiger partial charge in [-0.3, -0.25) is 4.90 Å². The molecule has 0 bridgehead atoms. The molecular formula is C17H16F2N2O2. The van der Waals surface area contributed by atoms with E-state index in [1.807, 2.05) is 24.3 Å². The van der Waals surface area contributed by atoms with Gasteiger partial charge in [0.1, 0.15) is 17.2 Å². The molecule has 120 valence electrons. The van der Waals surface area contributed by atoms with Crippen molar-refractivity contribution in [1.29, 1.82) is 0 Å². The van der Waals surface area contributed by atoms with Gasteiger partial charge in [-0.2, -0.15) is 0 Å². The van der Waals surface area contributed by atoms with Crippen molar-refractivity contribution in [3.8, 4) is 0 Å². The SMILES string of the molecule is CN(Cc1nc2ccccc2o1)CC(O)c1c(F)cccc1F. The van der Waals surface area contributed by atoms with E-state index in [-0.39, 0.29) is 12.1 Å². The van der Waals surface area contributed by atoms with Crippen LogP contribution in [0.3, 0.4) is 0 Å². The number of aromatic nitrogens is 1. The number of hydrogen-bond acceptors (Lipinski definition) is 4. The maximum atomic E-state index is 13.7. The van der Waals surface area contributed by atoms with Crippen LogP contribution in [0.1, 0.15) is 17.6 Å². The third-order valence-electron chi connectivity index (χ3n) is 3.56. The highest BCUT2D eigenvalue weighted by Crippen LogP contribution is 2.22. The van der Waals surface area contributed by atoms with E-state index in [2.05, 4.69) is 4.98 Å². The molecule has 0 saturated carbocycles. The second-order valence-corrected chi connectivity index (χ2v) is 5.42. The molecule has 0 amide bonds. The predicted octanol–water partition coefficient (Wildman–Crippen LogP) is 3.27. The maximum absolute atomic E-state index is 13.7. The zero-order valence-electron chi connectivity index (χ0n) is 12.5. The normalized spacial score (nSPS) is 12.9. The number of fused-ring (bicyclic) bond motifs is 1. The lowest BCUT2D eigenvalue weighted by atomic mass is 10.1. The third kappa shape index (κ3) is 3.38. The Morgan fingerprint density at radius 1 is 1.13 bits per heavy atom. The van der Waals surface area contributed by atoms with Gasteiger partial charge in [0.15, 0.2) is 5.58 Å². The van der Waals surface area contributed by atoms with Gasteiger partial charge in [-0.05, 0) is 31.3 Å². The van der Waals surface area contributed by atoms with Crippen molar-refractivity contribution in [3.05, 3.63) is 65.6 Å². The van der Waals surface area contributed by atoms with Crippen molar-refractivity contribution < 1.29 is 18.3 Å². The highest BCUT2D eigenvalue weighted by atomic mass is 19.1. The lowest BCUT2D eigenvalue weighted by Gasteiger charge is -2.20. The molecule has 1 unspecified atom stereocenters. The summed E-state index contributed by atoms with van der Waals surface area (Å²) in [4.78, 5) is 6.03. The van der Waals surface area contributed by atoms with E-state index in [0.29, 0.717) is 18.0 Å². The second-order valence-electron chi connectivity index (χ2n) is 5.42. The molecule has 2 aromatic carbocycles. The van der Waals surface area contributed by atoms with E-state index in [9.17, 15) is 13.9 Å². The van der Waals surface area contributed by atoms with Gasteiger partial charge in [0, 0.05) is 6.54 Å². The monoisotopic (exact) mass is 318 g/mol. The molecule has 23 heavy (non-hydrogen) atoms. The zero-order chi connectivity index (χ0) is 16.4. The number of benzene rings is 2. The van der Waals surface area contributed by atoms with Crippen LogP contribution in [0.25, 0.3) is 11.1 Å². The molecule has 1 aromatic heterocycles. The van der Waals surface area contributed by atoms with Gasteiger partial charge in [-0.1, -0.05) is 18.2 Å². The van der Waals surface area contributed by atoms with Gasteiger partial charge >= 0.3 is 0 Å². The molecule has 1 atom stereocenters. The van der Waals surface area contributed by atoms with Crippen LogP contribution in [0.4, 0.5) is 8.78 Å². The molecule has 0 radical (unpaired) electrons. The number of rotatable bonds is 5. The predicted molar refractivity (Wildman–Crippen MR) is 81.7 cm³/mol. The molecule has 3 rings (SSSR count). The fourth-order valence-electron chi connectivity index (χ4n) is 2.50. The van der Waals surface area contributed by atoms with Crippen molar-refractivity contribution in [2.45, 2.75) is 12.6 Å². The van der Waals surface area contributed by atoms with Gasteiger partial charge in [0.25, 0.3) is 0 Å². The van der Waals surface area contributed by atoms with E-state index in [1.54, 1.807) is 11.9 Å². The maximum Gasteiger partial charge on any atom is 0.209 e. The minimum atomic E-state index is -1.27. The molecule has 3 aromatic rings. The summed E-state index contributed by atoms with van der Waals surface area (Å²) in [6, 6.07) is 10.9. The van der Waals surface area contributed by atoms with Crippen LogP contribution in [0.15, 0.2) is 46.9 Å². The number of likely N-dealkylation sites (N-methyl/N-ethyl adjacent to an activating group) is 1. The largest absolute Gasteiger partial charge is 0.439 e. The topological polar surface area (TPSA) is 49.5 Å². The molecule has 0 saturated heterocycles. The molecule has 0 fully saturated rings. The Labute approximate surface area is 132 Å². The summed E-state index contributed by atoms with van der Waals surface area (Å²) in [5.41, 5.74) is 1.10. The average molecular weight is 318 g/mol. The standard InChI is InChI=1S/C17H16F2N2O2/c1-21(9-14(22)17-11(18)5-4-6-12(17)19)10-16-20-13-7-2-3-8-15(13)23-16/h2-8,14,22H,9-10H2,1H3. The van der Waals surface area contributed by atoms with Crippen LogP contribution in [0.5, 0.6) is 0 Å². The van der Waals surface area contributed by atoms with Crippen molar-refractivity contribution in [2.75, 3.05) is 13.6 Å². The summed E-state index contributed by atoms with van der Waals surface area (Å²) < 4.78 is 32.9. The van der Waals surface area contributed by atoms with Gasteiger partial charge in [-0.25, -0.2) is 13.8 Å². The third-order valence-corrected chi connectivity index (χ3v) is 3.56. The van der Waals surface area contributed by atoms with Crippen LogP contribution in [0.2, 0.25) is 0 Å². The van der Waals surface area contributed by atoms with E-state index >= 15 is 0 Å². The molecule has 1 heterocycles. The van der Waals surface area contributed by atoms with Gasteiger partial charge in [-0.15, -0.1) is 0 Å². The number of halogens is 2. The Balaban J connectivity index is 1.70. The first-order chi connectivity index (χ1) is 11.0. The number of oxazole rings is 1. The molecule has 0 aliphatic carbocycles. The van der Waals surface area contributed by atoms with Crippen LogP contribution < -0.4 is 0 Å². The lowest BCUT2D eigenvalue weighted by molar-refractivity contribution is 0.113. The molecule has 0 spiro atoms. The number of nitrogens with zero attached hydrogens (tertiary/aromatic N) is 2. The average Bonchev–Trinajstić information content (AvgIpc) is 2.88. The van der Waals surface area contributed by atoms with Crippen LogP contribution in [0, 0.1) is 11.6 Å². The summed E-state index contributed by atoms with van der Waals surface area (Å²) in [6.45, 7) is 0.373. The quantitative estimate of drug-likeness (QED) is 0.784. The first-order valence-electron chi connectivity index (χ1n) is 7.19. The summed E-state index contributed by atoms with van der Waals surface area (Å²) >= 11 is 0. The highest BCUT2D eigenvalue weighted by Gasteiger charge is 2.20. The zero-order valence-corrected chi connectivity index (χ0v) is 12.5. The first kappa shape index (κ1) is 15.6. The summed E-state index contributed by atoms with van der Waals surface area (Å²) in [5, 5.41) is 10.1. The van der Waals surface area contributed by atoms with Crippen molar-refractivity contribution in [2.24, 2.45) is 0 Å². The van der Waals surface area contributed by atoms with Gasteiger partial charge in [0.05, 0.1) is 18.2 Å². The highest BCUT2D eigenvalue weighted by molar-refractivity contribution is 5.72. The van der Waals surface area contributed by atoms with Gasteiger partial charge in [0.2, 0.25) is 5.89 Å². The Morgan fingerprint density at radius 3 is 2.52 bits per heavy atom. The van der Waals surface area contributed by atoms with E-state index < -0.39 is 17.7 Å². The first-order valence-corrected chi connectivity index (χ1v) is 7.19. The van der Waals surface area contributed by atoms with Crippen LogP contribution in [-0.4, -0.2) is 28.6 Å². The smallest absolute Gasteiger partial charge is 0.209 e. The molecular weight excluding hydrogens is 302 g/mol. The van der Waals surface area contributed by atoms with Crippen molar-refractivity contribution in [1.82, 2.24) is 9.88 Å². The number of hydrogen-bond donors (Lipinski definition) is 1. The molecule has 4 nitrogen and oxygen atoms in total. The number of aliphatic hydroxyl groups excluding tert-OH is 1. The molecule has 6 heteroatoms. The minimum absolute atomic E-state index is 0.0522. The van der Waals surface area contributed by atoms with E-state index in [4.69, 9.17) is 4.42 Å². The number of aliphatic hydroxyl groups is 1. The Hall–Kier alpha value is -2.31. The van der Waals surface area contributed by atoms with Gasteiger partial charge < -0.3 is 9.52 Å². The summed E-state index contributed by atoms with van der Waals surface area (Å²) in [7, 11) is 1.72. The van der Waals surface area contributed by atoms with Crippen LogP contribution in [-0.2, 0) is 6.54 Å². The Morgan fingerprint density at radius 2 is 1.83 bits per heavy atom. The summed E-state index contributed by atoms with van der Waals surface area (Å²) in [5.74, 6) is -1.03. The van der Waals surface area contributed by atoms with E-state index in [1.165, 1.54) is 6.07 Å². The summed E-state index contributed by atoms with van der Waals surface area (Å²) in [6.07, 6.45) is -1.27. The fourth-order valence-corrected chi connectivity index (χ4v) is 2.50. The Bertz CT molecular complexity index is 766. The minimum Gasteiger partial charge on any atom is -0.439 e. The lowest BCUT2D eigenvalue weighted by Crippen LogP contribution is -2.25. The van der Waals surface area contributed by atoms with Crippen molar-refractivity contribution >= 4 is 11.1 Å². The molecule has 0 aliphatic rings. The molecule has 0 aliphatic heterocycles. The van der Waals surface area contributed by atoms with E-state index in [0.717, 1.165) is 17.6 Å². The van der Waals surface area contributed by atoms with Crippen molar-refractivity contribution in [3.63, 3.8) is 0 Å². The molecule has 1 N–H and O–H groups in total. The number of para-hydroxylation sites is 2. The van der Waals surface area contributed by atoms with Crippen LogP contribution >= 0.6 is 0 Å². The fraction of sp³-hybridized carbons (Fsp3) is 0.235. The second kappa shape index (κ2) is 6.44.